The van der Waals surface area contributed by atoms with Crippen molar-refractivity contribution in [2.24, 2.45) is 0 Å². The third-order valence-electron chi connectivity index (χ3n) is 1.81. The molecule has 0 saturated heterocycles. The summed E-state index contributed by atoms with van der Waals surface area (Å²) in [6, 6.07) is 3.55. The maximum atomic E-state index is 5.59. The zero-order valence-electron chi connectivity index (χ0n) is 12.9. The normalized spacial score (nSPS) is 8.73. The van der Waals surface area contributed by atoms with E-state index >= 15 is 0 Å². The standard InChI is InChI=1S/C6H7ClN2S.C5H4Cl2N2.CH4S.Na/c1-4-3-5(10-2)9-6(7)8-4;1-3-2-4(6)9-5(7)8-3;1-2;/h3H,1-2H3;2H,1H3;2H,1H3;/q;;;+1/p-1. The van der Waals surface area contributed by atoms with Crippen LogP contribution in [0, 0.1) is 13.8 Å². The van der Waals surface area contributed by atoms with Gasteiger partial charge in [0.2, 0.25) is 10.6 Å². The molecule has 2 heterocycles. The van der Waals surface area contributed by atoms with Crippen molar-refractivity contribution < 1.29 is 29.6 Å². The van der Waals surface area contributed by atoms with Crippen LogP contribution in [-0.2, 0) is 12.6 Å². The van der Waals surface area contributed by atoms with Crippen LogP contribution in [0.15, 0.2) is 17.2 Å². The first-order valence-corrected chi connectivity index (χ1v) is 8.71. The van der Waals surface area contributed by atoms with Gasteiger partial charge in [0.15, 0.2) is 0 Å². The maximum Gasteiger partial charge on any atom is 1.00 e. The Kier molecular flexibility index (Phi) is 16.0. The summed E-state index contributed by atoms with van der Waals surface area (Å²) in [7, 11) is 0. The fourth-order valence-electron chi connectivity index (χ4n) is 1.10. The first kappa shape index (κ1) is 25.0. The van der Waals surface area contributed by atoms with Crippen molar-refractivity contribution in [1.82, 2.24) is 19.9 Å². The minimum absolute atomic E-state index is 0. The van der Waals surface area contributed by atoms with Gasteiger partial charge in [-0.05, 0) is 55.4 Å². The monoisotopic (exact) mass is 406 g/mol. The van der Waals surface area contributed by atoms with Crippen LogP contribution in [0.4, 0.5) is 0 Å². The Morgan fingerprint density at radius 2 is 1.32 bits per heavy atom. The molecule has 0 aliphatic rings. The quantitative estimate of drug-likeness (QED) is 0.234. The summed E-state index contributed by atoms with van der Waals surface area (Å²) in [5, 5.41) is 1.81. The van der Waals surface area contributed by atoms with Crippen LogP contribution in [0.2, 0.25) is 15.7 Å². The second kappa shape index (κ2) is 14.1. The number of nitrogens with zero attached hydrogens (tertiary/aromatic N) is 4. The molecule has 0 amide bonds. The van der Waals surface area contributed by atoms with Crippen LogP contribution in [0.3, 0.4) is 0 Å². The number of aryl methyl sites for hydroxylation is 2. The molecular formula is C12H14Cl3N4NaS2. The molecule has 0 saturated carbocycles. The zero-order valence-corrected chi connectivity index (χ0v) is 18.8. The van der Waals surface area contributed by atoms with E-state index < -0.39 is 0 Å². The third-order valence-corrected chi connectivity index (χ3v) is 2.97. The van der Waals surface area contributed by atoms with Crippen molar-refractivity contribution in [1.29, 1.82) is 0 Å². The molecule has 0 atom stereocenters. The van der Waals surface area contributed by atoms with E-state index in [0.29, 0.717) is 10.4 Å². The Hall–Kier alpha value is 0.730. The van der Waals surface area contributed by atoms with Gasteiger partial charge in [-0.1, -0.05) is 11.6 Å². The predicted molar refractivity (Wildman–Crippen MR) is 93.6 cm³/mol. The van der Waals surface area contributed by atoms with Crippen molar-refractivity contribution >= 4 is 59.2 Å². The molecule has 0 N–H and O–H groups in total. The van der Waals surface area contributed by atoms with E-state index in [-0.39, 0.29) is 34.8 Å². The Labute approximate surface area is 177 Å². The number of halogens is 3. The van der Waals surface area contributed by atoms with E-state index in [1.54, 1.807) is 31.0 Å². The topological polar surface area (TPSA) is 51.6 Å². The molecule has 2 rings (SSSR count). The molecular weight excluding hydrogens is 394 g/mol. The van der Waals surface area contributed by atoms with Gasteiger partial charge in [-0.25, -0.2) is 19.9 Å². The molecule has 10 heteroatoms. The summed E-state index contributed by atoms with van der Waals surface area (Å²) in [6.07, 6.45) is 3.54. The summed E-state index contributed by atoms with van der Waals surface area (Å²) in [5.74, 6) is 0. The van der Waals surface area contributed by atoms with Gasteiger partial charge >= 0.3 is 29.6 Å². The summed E-state index contributed by atoms with van der Waals surface area (Å²) in [4.78, 5) is 15.4. The van der Waals surface area contributed by atoms with Gasteiger partial charge in [0, 0.05) is 11.4 Å². The zero-order chi connectivity index (χ0) is 16.4. The van der Waals surface area contributed by atoms with Crippen molar-refractivity contribution in [3.8, 4) is 0 Å². The van der Waals surface area contributed by atoms with Crippen molar-refractivity contribution in [2.45, 2.75) is 18.9 Å². The fourth-order valence-corrected chi connectivity index (χ4v) is 2.35. The summed E-state index contributed by atoms with van der Waals surface area (Å²) in [6.45, 7) is 3.70. The SMILES string of the molecule is CSc1cc(C)nc(Cl)n1.C[S-].Cc1cc(Cl)nc(Cl)n1.[Na+]. The molecule has 0 unspecified atom stereocenters. The van der Waals surface area contributed by atoms with Gasteiger partial charge in [-0.3, -0.25) is 0 Å². The van der Waals surface area contributed by atoms with E-state index in [2.05, 4.69) is 32.6 Å². The minimum Gasteiger partial charge on any atom is -0.796 e. The third kappa shape index (κ3) is 11.3. The predicted octanol–water partition coefficient (Wildman–Crippen LogP) is 1.42. The van der Waals surface area contributed by atoms with Crippen LogP contribution < -0.4 is 29.6 Å². The number of aromatic nitrogens is 4. The minimum atomic E-state index is 0. The van der Waals surface area contributed by atoms with Gasteiger partial charge in [0.25, 0.3) is 0 Å². The smallest absolute Gasteiger partial charge is 0.796 e. The van der Waals surface area contributed by atoms with Crippen molar-refractivity contribution in [2.75, 3.05) is 12.5 Å². The molecule has 0 aromatic carbocycles. The van der Waals surface area contributed by atoms with Gasteiger partial charge in [-0.15, -0.1) is 11.8 Å². The van der Waals surface area contributed by atoms with E-state index in [0.717, 1.165) is 16.4 Å². The van der Waals surface area contributed by atoms with Crippen LogP contribution in [0.5, 0.6) is 0 Å². The van der Waals surface area contributed by atoms with Crippen molar-refractivity contribution in [3.63, 3.8) is 0 Å². The Balaban J connectivity index is 0. The Morgan fingerprint density at radius 1 is 0.864 bits per heavy atom. The van der Waals surface area contributed by atoms with E-state index in [4.69, 9.17) is 34.8 Å². The van der Waals surface area contributed by atoms with Crippen LogP contribution in [0.25, 0.3) is 0 Å². The Bertz CT molecular complexity index is 505. The first-order valence-electron chi connectivity index (χ1n) is 5.53. The molecule has 0 aliphatic carbocycles. The van der Waals surface area contributed by atoms with Crippen molar-refractivity contribution in [3.05, 3.63) is 39.2 Å². The van der Waals surface area contributed by atoms with Crippen LogP contribution in [-0.4, -0.2) is 32.4 Å². The van der Waals surface area contributed by atoms with Crippen LogP contribution in [0.1, 0.15) is 11.4 Å². The first-order chi connectivity index (χ1) is 9.90. The summed E-state index contributed by atoms with van der Waals surface area (Å²) < 4.78 is 0. The van der Waals surface area contributed by atoms with Gasteiger partial charge in [0.1, 0.15) is 10.2 Å². The molecule has 0 bridgehead atoms. The second-order valence-corrected chi connectivity index (χ2v) is 5.31. The van der Waals surface area contributed by atoms with Gasteiger partial charge in [0.05, 0.1) is 0 Å². The Morgan fingerprint density at radius 3 is 1.68 bits per heavy atom. The molecule has 4 nitrogen and oxygen atoms in total. The molecule has 2 aromatic heterocycles. The molecule has 0 radical (unpaired) electrons. The molecule has 0 fully saturated rings. The molecule has 116 valence electrons. The van der Waals surface area contributed by atoms with Gasteiger partial charge in [-0.2, -0.15) is 6.26 Å². The molecule has 22 heavy (non-hydrogen) atoms. The number of rotatable bonds is 1. The molecule has 0 spiro atoms. The fraction of sp³-hybridized carbons (Fsp3) is 0.333. The summed E-state index contributed by atoms with van der Waals surface area (Å²) in [5.41, 5.74) is 1.68. The van der Waals surface area contributed by atoms with E-state index in [1.165, 1.54) is 0 Å². The van der Waals surface area contributed by atoms with E-state index in [1.807, 2.05) is 19.2 Å². The number of thioether (sulfide) groups is 1. The number of hydrogen-bond acceptors (Lipinski definition) is 6. The van der Waals surface area contributed by atoms with Gasteiger partial charge < -0.3 is 12.6 Å². The van der Waals surface area contributed by atoms with Crippen LogP contribution >= 0.6 is 46.6 Å². The number of hydrogen-bond donors (Lipinski definition) is 0. The average Bonchev–Trinajstić information content (AvgIpc) is 2.39. The van der Waals surface area contributed by atoms with E-state index in [9.17, 15) is 0 Å². The average molecular weight is 408 g/mol. The maximum absolute atomic E-state index is 5.59. The molecule has 0 aliphatic heterocycles. The molecule has 2 aromatic rings. The largest absolute Gasteiger partial charge is 1.00 e. The second-order valence-electron chi connectivity index (χ2n) is 3.42. The summed E-state index contributed by atoms with van der Waals surface area (Å²) >= 11 is 22.2.